The highest BCUT2D eigenvalue weighted by Crippen LogP contribution is 2.33. The van der Waals surface area contributed by atoms with Crippen molar-refractivity contribution in [2.24, 2.45) is 0 Å². The number of amides is 2. The summed E-state index contributed by atoms with van der Waals surface area (Å²) < 4.78 is 38.9. The Kier molecular flexibility index (Phi) is 5.94. The van der Waals surface area contributed by atoms with Crippen LogP contribution in [0.3, 0.4) is 0 Å². The molecular formula is C22H21ClF3N3O2. The molecule has 164 valence electrons. The third-order valence-corrected chi connectivity index (χ3v) is 5.98. The number of carbonyl (C=O) groups excluding carboxylic acids is 2. The molecule has 2 heterocycles. The number of anilines is 1. The predicted molar refractivity (Wildman–Crippen MR) is 111 cm³/mol. The molecule has 2 aliphatic heterocycles. The molecule has 2 aliphatic rings. The highest BCUT2D eigenvalue weighted by Gasteiger charge is 2.40. The van der Waals surface area contributed by atoms with Crippen molar-refractivity contribution in [3.05, 3.63) is 64.7 Å². The Hall–Kier alpha value is -2.58. The molecule has 1 atom stereocenters. The fraction of sp³-hybridized carbons (Fsp3) is 0.364. The van der Waals surface area contributed by atoms with E-state index in [0.717, 1.165) is 17.7 Å². The van der Waals surface area contributed by atoms with Gasteiger partial charge in [0.05, 0.1) is 18.2 Å². The Bertz CT molecular complexity index is 990. The van der Waals surface area contributed by atoms with E-state index in [1.807, 2.05) is 9.80 Å². The van der Waals surface area contributed by atoms with Gasteiger partial charge in [0.1, 0.15) is 0 Å². The second-order valence-electron chi connectivity index (χ2n) is 7.77. The minimum Gasteiger partial charge on any atom is -0.369 e. The molecule has 5 nitrogen and oxygen atoms in total. The van der Waals surface area contributed by atoms with Crippen LogP contribution in [0.15, 0.2) is 48.5 Å². The van der Waals surface area contributed by atoms with Crippen molar-refractivity contribution in [1.82, 2.24) is 9.80 Å². The minimum absolute atomic E-state index is 0.114. The maximum absolute atomic E-state index is 13.0. The van der Waals surface area contributed by atoms with E-state index in [4.69, 9.17) is 11.6 Å². The van der Waals surface area contributed by atoms with Crippen LogP contribution < -0.4 is 4.90 Å². The van der Waals surface area contributed by atoms with Crippen LogP contribution in [-0.2, 0) is 15.8 Å². The van der Waals surface area contributed by atoms with Crippen molar-refractivity contribution >= 4 is 29.1 Å². The van der Waals surface area contributed by atoms with Gasteiger partial charge in [-0.25, -0.2) is 0 Å². The summed E-state index contributed by atoms with van der Waals surface area (Å²) in [7, 11) is 0. The van der Waals surface area contributed by atoms with Crippen molar-refractivity contribution in [2.45, 2.75) is 18.5 Å². The van der Waals surface area contributed by atoms with Crippen molar-refractivity contribution < 1.29 is 22.8 Å². The SMILES string of the molecule is O=C1CC(c2cccc(Cl)c2)C(=O)N1CN1CCN(c2cccc(C(F)(F)F)c2)CC1. The zero-order valence-electron chi connectivity index (χ0n) is 16.6. The fourth-order valence-corrected chi connectivity index (χ4v) is 4.24. The first kappa shape index (κ1) is 21.6. The second kappa shape index (κ2) is 8.51. The fourth-order valence-electron chi connectivity index (χ4n) is 4.04. The third-order valence-electron chi connectivity index (χ3n) is 5.75. The summed E-state index contributed by atoms with van der Waals surface area (Å²) in [6, 6.07) is 12.2. The quantitative estimate of drug-likeness (QED) is 0.660. The van der Waals surface area contributed by atoms with E-state index in [-0.39, 0.29) is 24.9 Å². The molecule has 4 rings (SSSR count). The van der Waals surface area contributed by atoms with Crippen LogP contribution in [0.5, 0.6) is 0 Å². The molecule has 0 aromatic heterocycles. The molecule has 2 amide bonds. The lowest BCUT2D eigenvalue weighted by Gasteiger charge is -2.37. The van der Waals surface area contributed by atoms with E-state index in [1.165, 1.54) is 11.0 Å². The van der Waals surface area contributed by atoms with E-state index in [1.54, 1.807) is 30.3 Å². The van der Waals surface area contributed by atoms with Crippen LogP contribution >= 0.6 is 11.6 Å². The van der Waals surface area contributed by atoms with Crippen LogP contribution in [0.2, 0.25) is 5.02 Å². The van der Waals surface area contributed by atoms with Gasteiger partial charge in [-0.3, -0.25) is 19.4 Å². The maximum atomic E-state index is 13.0. The lowest BCUT2D eigenvalue weighted by atomic mass is 9.98. The number of rotatable bonds is 4. The summed E-state index contributed by atoms with van der Waals surface area (Å²) in [6.45, 7) is 2.28. The minimum atomic E-state index is -4.38. The Balaban J connectivity index is 1.37. The Morgan fingerprint density at radius 1 is 0.968 bits per heavy atom. The number of benzene rings is 2. The number of alkyl halides is 3. The molecule has 1 unspecified atom stereocenters. The van der Waals surface area contributed by atoms with Gasteiger partial charge in [-0.2, -0.15) is 13.2 Å². The number of halogens is 4. The monoisotopic (exact) mass is 451 g/mol. The first-order valence-electron chi connectivity index (χ1n) is 9.96. The summed E-state index contributed by atoms with van der Waals surface area (Å²) >= 11 is 6.01. The van der Waals surface area contributed by atoms with Crippen molar-refractivity contribution in [1.29, 1.82) is 0 Å². The van der Waals surface area contributed by atoms with E-state index in [2.05, 4.69) is 0 Å². The number of nitrogens with zero attached hydrogens (tertiary/aromatic N) is 3. The first-order valence-corrected chi connectivity index (χ1v) is 10.3. The molecular weight excluding hydrogens is 431 g/mol. The van der Waals surface area contributed by atoms with Crippen molar-refractivity contribution in [3.8, 4) is 0 Å². The third kappa shape index (κ3) is 4.70. The van der Waals surface area contributed by atoms with Gasteiger partial charge in [-0.05, 0) is 35.9 Å². The van der Waals surface area contributed by atoms with Gasteiger partial charge in [-0.15, -0.1) is 0 Å². The molecule has 2 aromatic rings. The zero-order chi connectivity index (χ0) is 22.2. The van der Waals surface area contributed by atoms with Crippen LogP contribution in [0.1, 0.15) is 23.5 Å². The molecule has 0 N–H and O–H groups in total. The summed E-state index contributed by atoms with van der Waals surface area (Å²) in [6.07, 6.45) is -4.27. The molecule has 2 fully saturated rings. The first-order chi connectivity index (χ1) is 14.7. The number of imide groups is 1. The normalized spacial score (nSPS) is 20.6. The summed E-state index contributed by atoms with van der Waals surface area (Å²) in [5.41, 5.74) is 0.569. The van der Waals surface area contributed by atoms with Gasteiger partial charge >= 0.3 is 6.18 Å². The topological polar surface area (TPSA) is 43.9 Å². The number of hydrogen-bond donors (Lipinski definition) is 0. The molecule has 0 aliphatic carbocycles. The molecule has 31 heavy (non-hydrogen) atoms. The van der Waals surface area contributed by atoms with Crippen LogP contribution in [0.25, 0.3) is 0 Å². The van der Waals surface area contributed by atoms with E-state index >= 15 is 0 Å². The van der Waals surface area contributed by atoms with E-state index < -0.39 is 17.7 Å². The average Bonchev–Trinajstić information content (AvgIpc) is 3.02. The summed E-state index contributed by atoms with van der Waals surface area (Å²) in [5.74, 6) is -1.000. The number of piperazine rings is 1. The molecule has 2 saturated heterocycles. The average molecular weight is 452 g/mol. The molecule has 0 saturated carbocycles. The van der Waals surface area contributed by atoms with Gasteiger partial charge < -0.3 is 4.90 Å². The lowest BCUT2D eigenvalue weighted by Crippen LogP contribution is -2.51. The van der Waals surface area contributed by atoms with Gasteiger partial charge in [0.15, 0.2) is 0 Å². The number of hydrogen-bond acceptors (Lipinski definition) is 4. The molecule has 2 aromatic carbocycles. The Labute approximate surface area is 183 Å². The standard InChI is InChI=1S/C22H21ClF3N3O2/c23-17-5-1-3-15(11-17)19-13-20(30)29(21(19)31)14-27-7-9-28(10-8-27)18-6-2-4-16(12-18)22(24,25)26/h1-6,11-12,19H,7-10,13-14H2. The Morgan fingerprint density at radius 3 is 2.35 bits per heavy atom. The number of likely N-dealkylation sites (tertiary alicyclic amines) is 1. The van der Waals surface area contributed by atoms with Crippen molar-refractivity contribution in [2.75, 3.05) is 37.7 Å². The number of carbonyl (C=O) groups is 2. The highest BCUT2D eigenvalue weighted by atomic mass is 35.5. The lowest BCUT2D eigenvalue weighted by molar-refractivity contribution is -0.141. The molecule has 0 radical (unpaired) electrons. The summed E-state index contributed by atoms with van der Waals surface area (Å²) in [4.78, 5) is 30.4. The predicted octanol–water partition coefficient (Wildman–Crippen LogP) is 3.98. The Morgan fingerprint density at radius 2 is 1.68 bits per heavy atom. The largest absolute Gasteiger partial charge is 0.416 e. The van der Waals surface area contributed by atoms with Crippen molar-refractivity contribution in [3.63, 3.8) is 0 Å². The molecule has 0 spiro atoms. The maximum Gasteiger partial charge on any atom is 0.416 e. The highest BCUT2D eigenvalue weighted by molar-refractivity contribution is 6.30. The van der Waals surface area contributed by atoms with Gasteiger partial charge in [0, 0.05) is 43.3 Å². The molecule has 9 heteroatoms. The zero-order valence-corrected chi connectivity index (χ0v) is 17.4. The summed E-state index contributed by atoms with van der Waals surface area (Å²) in [5, 5.41) is 0.516. The van der Waals surface area contributed by atoms with Gasteiger partial charge in [0.2, 0.25) is 11.8 Å². The van der Waals surface area contributed by atoms with Gasteiger partial charge in [0.25, 0.3) is 0 Å². The van der Waals surface area contributed by atoms with Crippen LogP contribution in [0.4, 0.5) is 18.9 Å². The second-order valence-corrected chi connectivity index (χ2v) is 8.20. The smallest absolute Gasteiger partial charge is 0.369 e. The van der Waals surface area contributed by atoms with Crippen LogP contribution in [0, 0.1) is 0 Å². The van der Waals surface area contributed by atoms with Gasteiger partial charge in [-0.1, -0.05) is 29.8 Å². The van der Waals surface area contributed by atoms with E-state index in [0.29, 0.717) is 36.9 Å². The van der Waals surface area contributed by atoms with Crippen LogP contribution in [-0.4, -0.2) is 54.5 Å². The molecule has 0 bridgehead atoms. The van der Waals surface area contributed by atoms with E-state index in [9.17, 15) is 22.8 Å².